The number of hydrogen-bond donors (Lipinski definition) is 0. The quantitative estimate of drug-likeness (QED) is 0.0657. The molecule has 7 nitrogen and oxygen atoms in total. The average molecular weight is 685 g/mol. The van der Waals surface area contributed by atoms with Gasteiger partial charge in [0.05, 0.1) is 33.0 Å². The van der Waals surface area contributed by atoms with Gasteiger partial charge < -0.3 is 23.7 Å². The van der Waals surface area contributed by atoms with E-state index in [1.165, 1.54) is 26.2 Å². The van der Waals surface area contributed by atoms with Gasteiger partial charge in [0.1, 0.15) is 30.5 Å². The van der Waals surface area contributed by atoms with Gasteiger partial charge in [-0.2, -0.15) is 13.2 Å². The molecule has 0 saturated carbocycles. The van der Waals surface area contributed by atoms with Gasteiger partial charge in [-0.15, -0.1) is 0 Å². The van der Waals surface area contributed by atoms with Crippen molar-refractivity contribution in [3.63, 3.8) is 0 Å². The molecule has 10 heteroatoms. The van der Waals surface area contributed by atoms with Crippen LogP contribution in [0.4, 0.5) is 13.2 Å². The number of carbonyl (C=O) groups is 2. The van der Waals surface area contributed by atoms with Crippen molar-refractivity contribution in [1.82, 2.24) is 0 Å². The van der Waals surface area contributed by atoms with Gasteiger partial charge in [-0.3, -0.25) is 9.59 Å². The molecule has 258 valence electrons. The first-order valence-electron chi connectivity index (χ1n) is 15.7. The third-order valence-corrected chi connectivity index (χ3v) is 7.86. The van der Waals surface area contributed by atoms with Crippen LogP contribution in [-0.2, 0) is 20.4 Å². The summed E-state index contributed by atoms with van der Waals surface area (Å²) in [6, 6.07) is 30.4. The van der Waals surface area contributed by atoms with Crippen LogP contribution >= 0.6 is 0 Å². The Bertz CT molecular complexity index is 1920. The molecule has 0 atom stereocenters. The van der Waals surface area contributed by atoms with Gasteiger partial charge in [0.25, 0.3) is 0 Å². The molecule has 5 aromatic rings. The maximum Gasteiger partial charge on any atom is 0.416 e. The number of ether oxygens (including phenoxy) is 5. The number of carbonyl (C=O) groups excluding carboxylic acids is 2. The predicted octanol–water partition coefficient (Wildman–Crippen LogP) is 8.91. The van der Waals surface area contributed by atoms with Crippen molar-refractivity contribution in [3.8, 4) is 50.6 Å². The number of hydrogen-bond acceptors (Lipinski definition) is 7. The fourth-order valence-electron chi connectivity index (χ4n) is 5.29. The Kier molecular flexibility index (Phi) is 11.6. The van der Waals surface area contributed by atoms with Crippen molar-refractivity contribution < 1.29 is 46.4 Å². The van der Waals surface area contributed by atoms with Crippen molar-refractivity contribution in [3.05, 3.63) is 126 Å². The molecule has 0 N–H and O–H groups in total. The van der Waals surface area contributed by atoms with E-state index >= 15 is 0 Å². The number of halogens is 3. The second kappa shape index (κ2) is 16.2. The van der Waals surface area contributed by atoms with Crippen molar-refractivity contribution >= 4 is 11.8 Å². The topological polar surface area (TPSA) is 80.3 Å². The summed E-state index contributed by atoms with van der Waals surface area (Å²) in [4.78, 5) is 23.9. The molecule has 0 heterocycles. The van der Waals surface area contributed by atoms with Crippen molar-refractivity contribution in [2.24, 2.45) is 0 Å². The summed E-state index contributed by atoms with van der Waals surface area (Å²) in [5.41, 5.74) is 5.00. The summed E-state index contributed by atoms with van der Waals surface area (Å²) < 4.78 is 66.3. The van der Waals surface area contributed by atoms with E-state index < -0.39 is 11.7 Å². The first-order valence-corrected chi connectivity index (χ1v) is 15.7. The van der Waals surface area contributed by atoms with Gasteiger partial charge in [0.15, 0.2) is 5.78 Å². The van der Waals surface area contributed by atoms with Gasteiger partial charge in [0, 0.05) is 29.2 Å². The van der Waals surface area contributed by atoms with Crippen LogP contribution in [0.1, 0.15) is 28.4 Å². The van der Waals surface area contributed by atoms with Crippen LogP contribution < -0.4 is 14.2 Å². The summed E-state index contributed by atoms with van der Waals surface area (Å²) >= 11 is 0. The summed E-state index contributed by atoms with van der Waals surface area (Å²) in [6.45, 7) is 2.46. The summed E-state index contributed by atoms with van der Waals surface area (Å²) in [5.74, 6) is 1.26. The van der Waals surface area contributed by atoms with Crippen LogP contribution in [0.5, 0.6) is 17.2 Å². The predicted molar refractivity (Wildman–Crippen MR) is 184 cm³/mol. The van der Waals surface area contributed by atoms with E-state index in [9.17, 15) is 22.8 Å². The normalized spacial score (nSPS) is 11.2. The van der Waals surface area contributed by atoms with Crippen LogP contribution in [0, 0.1) is 0 Å². The molecule has 0 saturated heterocycles. The van der Waals surface area contributed by atoms with E-state index in [0.29, 0.717) is 52.7 Å². The maximum absolute atomic E-state index is 13.2. The number of benzene rings is 5. The SMILES string of the molecule is COc1cc(-c2ccc(-c3ccc(C(F)(F)F)cc3)c(OC)c2)ccc1-c1ccc(C(=O)c2ccc(OCCOCCOC(C)=O)cc2)cc1. The number of alkyl halides is 3. The first kappa shape index (κ1) is 35.7. The van der Waals surface area contributed by atoms with E-state index in [2.05, 4.69) is 0 Å². The van der Waals surface area contributed by atoms with Gasteiger partial charge >= 0.3 is 12.1 Å². The van der Waals surface area contributed by atoms with Gasteiger partial charge in [0.2, 0.25) is 0 Å². The molecule has 0 aliphatic heterocycles. The van der Waals surface area contributed by atoms with E-state index in [0.717, 1.165) is 34.4 Å². The molecule has 50 heavy (non-hydrogen) atoms. The molecule has 0 fully saturated rings. The summed E-state index contributed by atoms with van der Waals surface area (Å²) in [6.07, 6.45) is -4.41. The Hall–Kier alpha value is -5.61. The fourth-order valence-corrected chi connectivity index (χ4v) is 5.29. The van der Waals surface area contributed by atoms with Gasteiger partial charge in [-0.1, -0.05) is 60.7 Å². The number of methoxy groups -OCH3 is 2. The van der Waals surface area contributed by atoms with Crippen molar-refractivity contribution in [1.29, 1.82) is 0 Å². The van der Waals surface area contributed by atoms with Gasteiger partial charge in [-0.25, -0.2) is 0 Å². The molecule has 5 aromatic carbocycles. The fraction of sp³-hybridized carbons (Fsp3) is 0.200. The number of esters is 1. The standard InChI is InChI=1S/C40H35F3O7/c1-26(44)49-22-20-48-21-23-50-34-16-10-30(11-17-34)39(45)29-6-4-27(5-7-29)35-18-12-31(24-37(35)46-2)32-13-19-36(38(25-32)47-3)28-8-14-33(15-9-28)40(41,42)43/h4-19,24-25H,20-23H2,1-3H3. The maximum atomic E-state index is 13.2. The highest BCUT2D eigenvalue weighted by Gasteiger charge is 2.30. The molecule has 0 spiro atoms. The molecule has 0 amide bonds. The third kappa shape index (κ3) is 8.89. The summed E-state index contributed by atoms with van der Waals surface area (Å²) in [5, 5.41) is 0. The van der Waals surface area contributed by atoms with E-state index in [-0.39, 0.29) is 25.0 Å². The monoisotopic (exact) mass is 684 g/mol. The molecule has 0 aromatic heterocycles. The zero-order chi connectivity index (χ0) is 35.7. The summed E-state index contributed by atoms with van der Waals surface area (Å²) in [7, 11) is 3.10. The Morgan fingerprint density at radius 2 is 1.04 bits per heavy atom. The number of ketones is 1. The van der Waals surface area contributed by atoms with E-state index in [1.807, 2.05) is 48.5 Å². The Morgan fingerprint density at radius 3 is 1.52 bits per heavy atom. The lowest BCUT2D eigenvalue weighted by molar-refractivity contribution is -0.142. The molecule has 0 unspecified atom stereocenters. The van der Waals surface area contributed by atoms with Crippen molar-refractivity contribution in [2.75, 3.05) is 40.6 Å². The lowest BCUT2D eigenvalue weighted by Gasteiger charge is -2.14. The Labute approximate surface area is 288 Å². The highest BCUT2D eigenvalue weighted by atomic mass is 19.4. The highest BCUT2D eigenvalue weighted by molar-refractivity contribution is 6.09. The smallest absolute Gasteiger partial charge is 0.416 e. The minimum absolute atomic E-state index is 0.132. The molecular formula is C40H35F3O7. The molecule has 5 rings (SSSR count). The lowest BCUT2D eigenvalue weighted by atomic mass is 9.95. The number of rotatable bonds is 14. The van der Waals surface area contributed by atoms with Crippen molar-refractivity contribution in [2.45, 2.75) is 13.1 Å². The second-order valence-electron chi connectivity index (χ2n) is 11.1. The molecular weight excluding hydrogens is 649 g/mol. The third-order valence-electron chi connectivity index (χ3n) is 7.86. The Balaban J connectivity index is 1.24. The first-order chi connectivity index (χ1) is 24.1. The van der Waals surface area contributed by atoms with E-state index in [4.69, 9.17) is 23.7 Å². The van der Waals surface area contributed by atoms with Crippen LogP contribution in [-0.4, -0.2) is 52.4 Å². The van der Waals surface area contributed by atoms with Gasteiger partial charge in [-0.05, 0) is 70.8 Å². The molecule has 0 aliphatic carbocycles. The molecule has 0 aliphatic rings. The minimum Gasteiger partial charge on any atom is -0.496 e. The van der Waals surface area contributed by atoms with Crippen LogP contribution in [0.2, 0.25) is 0 Å². The molecule has 0 radical (unpaired) electrons. The lowest BCUT2D eigenvalue weighted by Crippen LogP contribution is -2.12. The zero-order valence-corrected chi connectivity index (χ0v) is 27.7. The van der Waals surface area contributed by atoms with E-state index in [1.54, 1.807) is 43.5 Å². The second-order valence-corrected chi connectivity index (χ2v) is 11.1. The Morgan fingerprint density at radius 1 is 0.580 bits per heavy atom. The average Bonchev–Trinajstić information content (AvgIpc) is 3.13. The van der Waals surface area contributed by atoms with Crippen LogP contribution in [0.3, 0.4) is 0 Å². The zero-order valence-electron chi connectivity index (χ0n) is 27.7. The highest BCUT2D eigenvalue weighted by Crippen LogP contribution is 2.39. The van der Waals surface area contributed by atoms with Crippen LogP contribution in [0.15, 0.2) is 109 Å². The minimum atomic E-state index is -4.41. The van der Waals surface area contributed by atoms with Crippen LogP contribution in [0.25, 0.3) is 33.4 Å². The largest absolute Gasteiger partial charge is 0.496 e. The molecule has 0 bridgehead atoms.